The average molecular weight is 367 g/mol. The molecule has 0 heterocycles. The molecular formula is C19H24F3N3O. The summed E-state index contributed by atoms with van der Waals surface area (Å²) in [6, 6.07) is 4.81. The number of halogens is 3. The zero-order valence-corrected chi connectivity index (χ0v) is 15.1. The van der Waals surface area contributed by atoms with Gasteiger partial charge < -0.3 is 15.0 Å². The molecule has 1 aliphatic carbocycles. The number of rotatable bonds is 6. The standard InChI is InChI=1S/C19H24F3N3O/c1-23-18(25(2)12-13-26-14-16-5-6-16)24-11-3-4-15-7-9-17(10-8-15)19(20,21)22/h7-10,16H,5-6,11-14H2,1-2H3,(H,23,24). The summed E-state index contributed by atoms with van der Waals surface area (Å²) in [7, 11) is 3.60. The summed E-state index contributed by atoms with van der Waals surface area (Å²) >= 11 is 0. The Kier molecular flexibility index (Phi) is 7.34. The molecule has 0 atom stereocenters. The predicted molar refractivity (Wildman–Crippen MR) is 95.9 cm³/mol. The Morgan fingerprint density at radius 3 is 2.58 bits per heavy atom. The molecule has 0 saturated heterocycles. The fraction of sp³-hybridized carbons (Fsp3) is 0.526. The van der Waals surface area contributed by atoms with E-state index in [0.29, 0.717) is 24.7 Å². The fourth-order valence-electron chi connectivity index (χ4n) is 2.24. The fourth-order valence-corrected chi connectivity index (χ4v) is 2.24. The first kappa shape index (κ1) is 20.1. The van der Waals surface area contributed by atoms with E-state index in [2.05, 4.69) is 22.2 Å². The minimum atomic E-state index is -4.33. The van der Waals surface area contributed by atoms with Crippen molar-refractivity contribution in [3.8, 4) is 11.8 Å². The van der Waals surface area contributed by atoms with Crippen LogP contribution in [0.25, 0.3) is 0 Å². The van der Waals surface area contributed by atoms with Crippen LogP contribution >= 0.6 is 0 Å². The quantitative estimate of drug-likeness (QED) is 0.364. The van der Waals surface area contributed by atoms with Gasteiger partial charge in [0.1, 0.15) is 0 Å². The molecule has 0 unspecified atom stereocenters. The van der Waals surface area contributed by atoms with Crippen molar-refractivity contribution < 1.29 is 17.9 Å². The number of alkyl halides is 3. The van der Waals surface area contributed by atoms with Crippen LogP contribution in [0.5, 0.6) is 0 Å². The van der Waals surface area contributed by atoms with Crippen molar-refractivity contribution in [3.63, 3.8) is 0 Å². The van der Waals surface area contributed by atoms with Crippen LogP contribution in [0, 0.1) is 17.8 Å². The van der Waals surface area contributed by atoms with Crippen LogP contribution in [-0.4, -0.2) is 51.3 Å². The average Bonchev–Trinajstić information content (AvgIpc) is 3.42. The zero-order chi connectivity index (χ0) is 19.0. The summed E-state index contributed by atoms with van der Waals surface area (Å²) < 4.78 is 43.1. The lowest BCUT2D eigenvalue weighted by Crippen LogP contribution is -2.40. The lowest BCUT2D eigenvalue weighted by atomic mass is 10.1. The number of hydrogen-bond donors (Lipinski definition) is 1. The van der Waals surface area contributed by atoms with Crippen LogP contribution in [-0.2, 0) is 10.9 Å². The number of guanidine groups is 1. The molecule has 26 heavy (non-hydrogen) atoms. The SMILES string of the molecule is CN=C(NCC#Cc1ccc(C(F)(F)F)cc1)N(C)CCOCC1CC1. The molecule has 142 valence electrons. The summed E-state index contributed by atoms with van der Waals surface area (Å²) in [5.74, 6) is 7.17. The van der Waals surface area contributed by atoms with E-state index in [1.807, 2.05) is 11.9 Å². The molecule has 2 rings (SSSR count). The van der Waals surface area contributed by atoms with E-state index in [1.165, 1.54) is 25.0 Å². The van der Waals surface area contributed by atoms with Crippen molar-refractivity contribution in [1.82, 2.24) is 10.2 Å². The van der Waals surface area contributed by atoms with Crippen LogP contribution in [0.15, 0.2) is 29.3 Å². The highest BCUT2D eigenvalue weighted by molar-refractivity contribution is 5.79. The maximum atomic E-state index is 12.5. The van der Waals surface area contributed by atoms with Gasteiger partial charge in [0.25, 0.3) is 0 Å². The normalized spacial score (nSPS) is 14.6. The van der Waals surface area contributed by atoms with E-state index < -0.39 is 11.7 Å². The molecule has 1 fully saturated rings. The number of likely N-dealkylation sites (N-methyl/N-ethyl adjacent to an activating group) is 1. The Morgan fingerprint density at radius 2 is 2.00 bits per heavy atom. The van der Waals surface area contributed by atoms with Crippen molar-refractivity contribution in [2.45, 2.75) is 19.0 Å². The number of aliphatic imine (C=N–C) groups is 1. The molecule has 0 amide bonds. The molecule has 0 bridgehead atoms. The Labute approximate surface area is 152 Å². The smallest absolute Gasteiger partial charge is 0.379 e. The second kappa shape index (κ2) is 9.48. The number of hydrogen-bond acceptors (Lipinski definition) is 2. The Balaban J connectivity index is 1.73. The number of ether oxygens (including phenoxy) is 1. The van der Waals surface area contributed by atoms with Crippen molar-refractivity contribution in [1.29, 1.82) is 0 Å². The minimum Gasteiger partial charge on any atom is -0.379 e. The molecule has 7 heteroatoms. The second-order valence-electron chi connectivity index (χ2n) is 6.22. The van der Waals surface area contributed by atoms with Crippen LogP contribution in [0.2, 0.25) is 0 Å². The summed E-state index contributed by atoms with van der Waals surface area (Å²) in [4.78, 5) is 6.13. The van der Waals surface area contributed by atoms with E-state index in [4.69, 9.17) is 4.74 Å². The van der Waals surface area contributed by atoms with E-state index in [1.54, 1.807) is 7.05 Å². The van der Waals surface area contributed by atoms with E-state index in [9.17, 15) is 13.2 Å². The highest BCUT2D eigenvalue weighted by Gasteiger charge is 2.29. The highest BCUT2D eigenvalue weighted by Crippen LogP contribution is 2.29. The molecule has 0 aliphatic heterocycles. The van der Waals surface area contributed by atoms with Gasteiger partial charge in [0.05, 0.1) is 18.7 Å². The van der Waals surface area contributed by atoms with Gasteiger partial charge in [0, 0.05) is 32.8 Å². The Hall–Kier alpha value is -2.20. The van der Waals surface area contributed by atoms with Gasteiger partial charge in [-0.2, -0.15) is 13.2 Å². The van der Waals surface area contributed by atoms with Crippen LogP contribution < -0.4 is 5.32 Å². The molecule has 1 aliphatic rings. The third-order valence-electron chi connectivity index (χ3n) is 3.97. The Morgan fingerprint density at radius 1 is 1.31 bits per heavy atom. The summed E-state index contributed by atoms with van der Waals surface area (Å²) in [5, 5.41) is 3.10. The van der Waals surface area contributed by atoms with Gasteiger partial charge in [-0.05, 0) is 43.0 Å². The molecule has 0 radical (unpaired) electrons. The highest BCUT2D eigenvalue weighted by atomic mass is 19.4. The molecule has 1 N–H and O–H groups in total. The van der Waals surface area contributed by atoms with Crippen molar-refractivity contribution >= 4 is 5.96 Å². The lowest BCUT2D eigenvalue weighted by Gasteiger charge is -2.21. The topological polar surface area (TPSA) is 36.9 Å². The zero-order valence-electron chi connectivity index (χ0n) is 15.1. The van der Waals surface area contributed by atoms with Gasteiger partial charge in [-0.1, -0.05) is 11.8 Å². The lowest BCUT2D eigenvalue weighted by molar-refractivity contribution is -0.137. The summed E-state index contributed by atoms with van der Waals surface area (Å²) in [6.07, 6.45) is -1.78. The number of nitrogens with zero attached hydrogens (tertiary/aromatic N) is 2. The van der Waals surface area contributed by atoms with E-state index in [-0.39, 0.29) is 0 Å². The first-order chi connectivity index (χ1) is 12.4. The van der Waals surface area contributed by atoms with Gasteiger partial charge in [0.15, 0.2) is 5.96 Å². The van der Waals surface area contributed by atoms with Crippen LogP contribution in [0.1, 0.15) is 24.0 Å². The van der Waals surface area contributed by atoms with E-state index in [0.717, 1.165) is 31.2 Å². The second-order valence-corrected chi connectivity index (χ2v) is 6.22. The summed E-state index contributed by atoms with van der Waals surface area (Å²) in [5.41, 5.74) is -0.135. The third kappa shape index (κ3) is 6.96. The maximum absolute atomic E-state index is 12.5. The minimum absolute atomic E-state index is 0.348. The Bertz CT molecular complexity index is 655. The van der Waals surface area contributed by atoms with Gasteiger partial charge >= 0.3 is 6.18 Å². The van der Waals surface area contributed by atoms with Crippen molar-refractivity contribution in [2.24, 2.45) is 10.9 Å². The van der Waals surface area contributed by atoms with E-state index >= 15 is 0 Å². The number of benzene rings is 1. The van der Waals surface area contributed by atoms with Gasteiger partial charge in [0.2, 0.25) is 0 Å². The number of nitrogens with one attached hydrogen (secondary N) is 1. The third-order valence-corrected chi connectivity index (χ3v) is 3.97. The molecular weight excluding hydrogens is 343 g/mol. The van der Waals surface area contributed by atoms with Gasteiger partial charge in [-0.25, -0.2) is 0 Å². The maximum Gasteiger partial charge on any atom is 0.416 e. The molecule has 1 aromatic rings. The van der Waals surface area contributed by atoms with Crippen molar-refractivity contribution in [3.05, 3.63) is 35.4 Å². The molecule has 0 spiro atoms. The van der Waals surface area contributed by atoms with Gasteiger partial charge in [-0.3, -0.25) is 4.99 Å². The van der Waals surface area contributed by atoms with Crippen LogP contribution in [0.4, 0.5) is 13.2 Å². The molecule has 0 aromatic heterocycles. The molecule has 4 nitrogen and oxygen atoms in total. The first-order valence-corrected chi connectivity index (χ1v) is 8.56. The van der Waals surface area contributed by atoms with Gasteiger partial charge in [-0.15, -0.1) is 0 Å². The first-order valence-electron chi connectivity index (χ1n) is 8.56. The summed E-state index contributed by atoms with van der Waals surface area (Å²) in [6.45, 7) is 2.54. The molecule has 1 aromatic carbocycles. The van der Waals surface area contributed by atoms with Crippen molar-refractivity contribution in [2.75, 3.05) is 40.4 Å². The predicted octanol–water partition coefficient (Wildman–Crippen LogP) is 2.99. The molecule has 1 saturated carbocycles. The van der Waals surface area contributed by atoms with Crippen LogP contribution in [0.3, 0.4) is 0 Å². The monoisotopic (exact) mass is 367 g/mol. The largest absolute Gasteiger partial charge is 0.416 e.